The Morgan fingerprint density at radius 1 is 1.05 bits per heavy atom. The van der Waals surface area contributed by atoms with Crippen LogP contribution in [0.5, 0.6) is 0 Å². The van der Waals surface area contributed by atoms with E-state index in [0.29, 0.717) is 48.3 Å². The molecular weight excluding hydrogens is 513 g/mol. The summed E-state index contributed by atoms with van der Waals surface area (Å²) < 4.78 is 63.7. The summed E-state index contributed by atoms with van der Waals surface area (Å²) >= 11 is 0. The van der Waals surface area contributed by atoms with Crippen LogP contribution in [0.25, 0.3) is 0 Å². The summed E-state index contributed by atoms with van der Waals surface area (Å²) in [5, 5.41) is 23.5. The van der Waals surface area contributed by atoms with Gasteiger partial charge in [-0.15, -0.1) is 0 Å². The van der Waals surface area contributed by atoms with Crippen molar-refractivity contribution < 1.29 is 63.0 Å². The Morgan fingerprint density at radius 2 is 1.71 bits per heavy atom. The Hall–Kier alpha value is 0.300. The molecule has 0 aromatic rings. The van der Waals surface area contributed by atoms with Crippen LogP contribution in [-0.2, 0) is 14.9 Å². The molecule has 0 spiro atoms. The minimum Gasteiger partial charge on any atom is -0.748 e. The molecule has 4 saturated carbocycles. The van der Waals surface area contributed by atoms with Crippen molar-refractivity contribution in [3.63, 3.8) is 0 Å². The molecule has 4 aliphatic carbocycles. The van der Waals surface area contributed by atoms with Gasteiger partial charge < -0.3 is 20.1 Å². The van der Waals surface area contributed by atoms with Gasteiger partial charge in [0.25, 0.3) is 0 Å². The Kier molecular flexibility index (Phi) is 9.05. The van der Waals surface area contributed by atoms with Gasteiger partial charge in [-0.2, -0.15) is 0 Å². The van der Waals surface area contributed by atoms with Crippen LogP contribution in [-0.4, -0.2) is 53.5 Å². The SMILES string of the molecule is [2H]C([2H])(NC(=O)[C@H](C)CCC[C@@H](C)[C@H]1CC[C@H]2[C@@H]3[C@H](O)C[C@@H]4C[C@H](O)CC[C@]4(C)[C@H]3CC[C@]12C)C([2H])([2H])S(=O)(=O)[O-].[Na+]. The van der Waals surface area contributed by atoms with Crippen LogP contribution < -0.4 is 34.9 Å². The molecule has 0 aromatic heterocycles. The third-order valence-corrected chi connectivity index (χ3v) is 11.9. The second-order valence-electron chi connectivity index (χ2n) is 13.4. The second kappa shape index (κ2) is 12.7. The number of amides is 1. The van der Waals surface area contributed by atoms with Gasteiger partial charge in [-0.3, -0.25) is 4.79 Å². The predicted molar refractivity (Wildman–Crippen MR) is 142 cm³/mol. The van der Waals surface area contributed by atoms with E-state index in [1.807, 2.05) is 0 Å². The van der Waals surface area contributed by atoms with Gasteiger partial charge in [-0.05, 0) is 104 Å². The van der Waals surface area contributed by atoms with Crippen LogP contribution in [0.3, 0.4) is 0 Å². The Balaban J connectivity index is 0.00000484. The van der Waals surface area contributed by atoms with Crippen LogP contribution in [0, 0.1) is 52.3 Å². The first-order chi connectivity index (χ1) is 18.8. The Morgan fingerprint density at radius 3 is 2.39 bits per heavy atom. The number of hydrogen-bond acceptors (Lipinski definition) is 6. The largest absolute Gasteiger partial charge is 1.00 e. The zero-order valence-corrected chi connectivity index (χ0v) is 26.7. The molecule has 0 aromatic carbocycles. The topological polar surface area (TPSA) is 127 Å². The molecule has 0 bridgehead atoms. The minimum atomic E-state index is -5.64. The van der Waals surface area contributed by atoms with Crippen molar-refractivity contribution in [1.82, 2.24) is 5.32 Å². The molecule has 4 aliphatic rings. The zero-order chi connectivity index (χ0) is 30.8. The quantitative estimate of drug-likeness (QED) is 0.283. The van der Waals surface area contributed by atoms with Crippen molar-refractivity contribution in [1.29, 1.82) is 0 Å². The van der Waals surface area contributed by atoms with Crippen LogP contribution in [0.1, 0.15) is 104 Å². The van der Waals surface area contributed by atoms with Gasteiger partial charge >= 0.3 is 29.6 Å². The van der Waals surface area contributed by atoms with E-state index in [9.17, 15) is 28.0 Å². The van der Waals surface area contributed by atoms with Crippen molar-refractivity contribution >= 4 is 16.0 Å². The Labute approximate surface area is 258 Å². The van der Waals surface area contributed by atoms with Crippen LogP contribution >= 0.6 is 0 Å². The fraction of sp³-hybridized carbons (Fsp3) is 0.966. The van der Waals surface area contributed by atoms with Gasteiger partial charge in [0.1, 0.15) is 0 Å². The fourth-order valence-corrected chi connectivity index (χ4v) is 9.70. The molecular formula is C29H50NNaO6S. The second-order valence-corrected chi connectivity index (χ2v) is 14.5. The first-order valence-electron chi connectivity index (χ1n) is 16.4. The average Bonchev–Trinajstić information content (AvgIpc) is 3.21. The van der Waals surface area contributed by atoms with Crippen molar-refractivity contribution in [2.24, 2.45) is 52.3 Å². The number of hydrogen-bond donors (Lipinski definition) is 3. The van der Waals surface area contributed by atoms with E-state index in [0.717, 1.165) is 57.8 Å². The molecule has 0 heterocycles. The summed E-state index contributed by atoms with van der Waals surface area (Å²) in [5.74, 6) is 1.08. The standard InChI is InChI=1S/C29H51NO6S.Na/c1-18(6-5-7-19(2)27(33)30-14-15-37(34,35)36)22-8-9-23-26-24(11-13-29(22,23)4)28(3)12-10-21(31)16-20(28)17-25(26)32;/h18-26,31-32H,5-17H2,1-4H3,(H,30,33)(H,34,35,36);/q;+1/p-1/t18-,19-,20+,21-,22-,23+,24+,25-,26+,28+,29-;/m1./s1/i14D2,15D2;. The molecule has 9 heteroatoms. The van der Waals surface area contributed by atoms with E-state index < -0.39 is 34.1 Å². The van der Waals surface area contributed by atoms with E-state index in [-0.39, 0.29) is 52.6 Å². The van der Waals surface area contributed by atoms with Crippen molar-refractivity contribution in [3.05, 3.63) is 0 Å². The number of fused-ring (bicyclic) bond motifs is 5. The van der Waals surface area contributed by atoms with Crippen LogP contribution in [0.15, 0.2) is 0 Å². The summed E-state index contributed by atoms with van der Waals surface area (Å²) in [6.45, 7) is 5.34. The van der Waals surface area contributed by atoms with Gasteiger partial charge in [0.05, 0.1) is 30.8 Å². The van der Waals surface area contributed by atoms with E-state index in [2.05, 4.69) is 20.8 Å². The van der Waals surface area contributed by atoms with E-state index in [1.54, 1.807) is 12.2 Å². The number of carbonyl (C=O) groups excluding carboxylic acids is 1. The van der Waals surface area contributed by atoms with E-state index in [4.69, 9.17) is 5.48 Å². The minimum absolute atomic E-state index is 0. The molecule has 3 N–H and O–H groups in total. The third kappa shape index (κ3) is 6.68. The number of aliphatic hydroxyl groups excluding tert-OH is 2. The van der Waals surface area contributed by atoms with Gasteiger partial charge in [-0.25, -0.2) is 8.42 Å². The molecule has 38 heavy (non-hydrogen) atoms. The monoisotopic (exact) mass is 567 g/mol. The maximum atomic E-state index is 12.6. The molecule has 7 nitrogen and oxygen atoms in total. The van der Waals surface area contributed by atoms with Gasteiger partial charge in [0, 0.05) is 15.2 Å². The third-order valence-electron chi connectivity index (χ3n) is 11.5. The maximum Gasteiger partial charge on any atom is 1.00 e. The van der Waals surface area contributed by atoms with Gasteiger partial charge in [-0.1, -0.05) is 40.5 Å². The van der Waals surface area contributed by atoms with Crippen molar-refractivity contribution in [2.45, 2.75) is 111 Å². The summed E-state index contributed by atoms with van der Waals surface area (Å²) in [4.78, 5) is 12.6. The summed E-state index contributed by atoms with van der Waals surface area (Å²) in [7, 11) is -5.64. The van der Waals surface area contributed by atoms with Crippen LogP contribution in [0.4, 0.5) is 0 Å². The summed E-state index contributed by atoms with van der Waals surface area (Å²) in [5.41, 5.74) is -3.45. The summed E-state index contributed by atoms with van der Waals surface area (Å²) in [6.07, 6.45) is 9.46. The average molecular weight is 568 g/mol. The molecule has 0 saturated heterocycles. The molecule has 0 aliphatic heterocycles. The molecule has 0 radical (unpaired) electrons. The zero-order valence-electron chi connectivity index (χ0n) is 27.9. The molecule has 4 fully saturated rings. The molecule has 1 amide bonds. The number of aliphatic hydroxyl groups is 2. The van der Waals surface area contributed by atoms with E-state index >= 15 is 0 Å². The maximum absolute atomic E-state index is 12.6. The normalized spacial score (nSPS) is 44.4. The fourth-order valence-electron chi connectivity index (χ4n) is 9.53. The molecule has 214 valence electrons. The van der Waals surface area contributed by atoms with Crippen molar-refractivity contribution in [3.8, 4) is 0 Å². The first kappa shape index (κ1) is 27.2. The Bertz CT molecular complexity index is 1100. The first-order valence-corrected chi connectivity index (χ1v) is 15.8. The molecule has 0 unspecified atom stereocenters. The number of nitrogens with one attached hydrogen (secondary N) is 1. The predicted octanol–water partition coefficient (Wildman–Crippen LogP) is 1.08. The van der Waals surface area contributed by atoms with Gasteiger partial charge in [0.15, 0.2) is 0 Å². The smallest absolute Gasteiger partial charge is 0.748 e. The molecule has 4 rings (SSSR count). The van der Waals surface area contributed by atoms with Crippen molar-refractivity contribution in [2.75, 3.05) is 12.2 Å². The molecule has 11 atom stereocenters. The number of carbonyl (C=O) groups is 1. The number of rotatable bonds is 9. The van der Waals surface area contributed by atoms with E-state index in [1.165, 1.54) is 0 Å². The van der Waals surface area contributed by atoms with Gasteiger partial charge in [0.2, 0.25) is 5.91 Å². The van der Waals surface area contributed by atoms with Crippen LogP contribution in [0.2, 0.25) is 0 Å². The summed E-state index contributed by atoms with van der Waals surface area (Å²) in [6, 6.07) is 0.